The maximum atomic E-state index is 10.8. The monoisotopic (exact) mass is 159 g/mol. The number of fused-ring (bicyclic) bond motifs is 1. The summed E-state index contributed by atoms with van der Waals surface area (Å²) in [6.45, 7) is 0. The summed E-state index contributed by atoms with van der Waals surface area (Å²) < 4.78 is 1.70. The summed E-state index contributed by atoms with van der Waals surface area (Å²) in [7, 11) is 0. The Morgan fingerprint density at radius 2 is 2.70 bits per heavy atom. The van der Waals surface area contributed by atoms with E-state index in [1.54, 1.807) is 16.5 Å². The van der Waals surface area contributed by atoms with E-state index in [1.807, 2.05) is 0 Å². The molecule has 0 aromatic rings. The van der Waals surface area contributed by atoms with Crippen molar-refractivity contribution in [3.8, 4) is 0 Å². The van der Waals surface area contributed by atoms with Crippen LogP contribution in [0.15, 0.2) is 5.28 Å². The van der Waals surface area contributed by atoms with Crippen molar-refractivity contribution in [3.05, 3.63) is 0 Å². The molecule has 0 amide bonds. The van der Waals surface area contributed by atoms with Gasteiger partial charge in [0.25, 0.3) is 6.04 Å². The Balaban J connectivity index is 2.18. The first-order valence-corrected chi connectivity index (χ1v) is 4.29. The molecule has 0 N–H and O–H groups in total. The van der Waals surface area contributed by atoms with E-state index in [0.717, 1.165) is 18.1 Å². The first-order valence-electron chi connectivity index (χ1n) is 3.14. The molecule has 0 aromatic carbocycles. The molecule has 10 heavy (non-hydrogen) atoms. The first kappa shape index (κ1) is 6.15. The number of nitrogens with zero attached hydrogens (tertiary/aromatic N) is 2. The van der Waals surface area contributed by atoms with Crippen LogP contribution in [0.3, 0.4) is 0 Å². The third-order valence-corrected chi connectivity index (χ3v) is 2.60. The van der Waals surface area contributed by atoms with E-state index in [4.69, 9.17) is 0 Å². The minimum atomic E-state index is -0.194. The summed E-state index contributed by atoms with van der Waals surface area (Å²) in [5.41, 5.74) is 0. The fourth-order valence-corrected chi connectivity index (χ4v) is 2.00. The number of thioether (sulfide) groups is 1. The molecule has 1 atom stereocenters. The van der Waals surface area contributed by atoms with Crippen molar-refractivity contribution in [2.24, 2.45) is 5.28 Å². The zero-order valence-corrected chi connectivity index (χ0v) is 6.13. The lowest BCUT2D eigenvalue weighted by atomic mass is 10.2. The van der Waals surface area contributed by atoms with Gasteiger partial charge in [0.2, 0.25) is 5.88 Å². The van der Waals surface area contributed by atoms with Crippen LogP contribution in [-0.2, 0) is 9.63 Å². The van der Waals surface area contributed by atoms with Crippen LogP contribution in [0, 0.1) is 0 Å². The van der Waals surface area contributed by atoms with Crippen LogP contribution in [0.2, 0.25) is 0 Å². The normalized spacial score (nSPS) is 31.0. The molecule has 1 unspecified atom stereocenters. The molecule has 0 aliphatic carbocycles. The van der Waals surface area contributed by atoms with Crippen molar-refractivity contribution in [2.45, 2.75) is 12.5 Å². The van der Waals surface area contributed by atoms with Gasteiger partial charge in [0, 0.05) is 12.2 Å². The Morgan fingerprint density at radius 3 is 3.50 bits per heavy atom. The Morgan fingerprint density at radius 1 is 1.80 bits per heavy atom. The van der Waals surface area contributed by atoms with Gasteiger partial charge in [-0.2, -0.15) is 0 Å². The minimum Gasteiger partial charge on any atom is -0.261 e. The van der Waals surface area contributed by atoms with Crippen LogP contribution in [0.4, 0.5) is 0 Å². The van der Waals surface area contributed by atoms with Crippen LogP contribution >= 0.6 is 11.8 Å². The van der Waals surface area contributed by atoms with E-state index in [2.05, 4.69) is 10.1 Å². The fraction of sp³-hybridized carbons (Fsp3) is 0.800. The van der Waals surface area contributed by atoms with Gasteiger partial charge in [0.05, 0.1) is 0 Å². The van der Waals surface area contributed by atoms with E-state index in [9.17, 15) is 4.79 Å². The van der Waals surface area contributed by atoms with Gasteiger partial charge >= 0.3 is 5.97 Å². The fourth-order valence-electron chi connectivity index (χ4n) is 1.07. The lowest BCUT2D eigenvalue weighted by Crippen LogP contribution is -2.31. The predicted octanol–water partition coefficient (Wildman–Crippen LogP) is 0.386. The van der Waals surface area contributed by atoms with Gasteiger partial charge < -0.3 is 0 Å². The highest BCUT2D eigenvalue weighted by molar-refractivity contribution is 7.99. The number of rotatable bonds is 0. The Labute approximate surface area is 62.2 Å². The smallest absolute Gasteiger partial charge is 0.261 e. The molecule has 0 bridgehead atoms. The zero-order valence-electron chi connectivity index (χ0n) is 5.32. The van der Waals surface area contributed by atoms with Crippen LogP contribution in [-0.4, -0.2) is 28.3 Å². The largest absolute Gasteiger partial charge is 0.410 e. The van der Waals surface area contributed by atoms with E-state index in [1.165, 1.54) is 0 Å². The summed E-state index contributed by atoms with van der Waals surface area (Å²) in [6, 6.07) is -0.0822. The lowest BCUT2D eigenvalue weighted by Gasteiger charge is -2.06. The van der Waals surface area contributed by atoms with Crippen LogP contribution in [0.25, 0.3) is 0 Å². The second kappa shape index (κ2) is 2.23. The minimum absolute atomic E-state index is 0.0822. The molecule has 0 saturated carbocycles. The molecule has 2 aliphatic heterocycles. The van der Waals surface area contributed by atoms with Crippen LogP contribution < -0.4 is 0 Å². The summed E-state index contributed by atoms with van der Waals surface area (Å²) >= 11 is 1.77. The van der Waals surface area contributed by atoms with Crippen molar-refractivity contribution < 1.29 is 14.3 Å². The molecule has 2 rings (SSSR count). The molecule has 0 radical (unpaired) electrons. The van der Waals surface area contributed by atoms with E-state index in [0.29, 0.717) is 0 Å². The standard InChI is InChI=1S/C5H7N2O2S/c8-5-4-1-2-10-3-7(4)6-9-5/h4H,1-3H2/q+1. The third kappa shape index (κ3) is 0.811. The van der Waals surface area contributed by atoms with Crippen LogP contribution in [0.1, 0.15) is 6.42 Å². The van der Waals surface area contributed by atoms with Crippen molar-refractivity contribution in [1.82, 2.24) is 0 Å². The SMILES string of the molecule is O=C1ON=[N+]2CSCCC12. The van der Waals surface area contributed by atoms with Gasteiger partial charge in [0.1, 0.15) is 0 Å². The maximum Gasteiger partial charge on any atom is 0.410 e. The molecule has 1 fully saturated rings. The molecule has 1 saturated heterocycles. The lowest BCUT2D eigenvalue weighted by molar-refractivity contribution is -0.601. The van der Waals surface area contributed by atoms with Crippen molar-refractivity contribution in [3.63, 3.8) is 0 Å². The van der Waals surface area contributed by atoms with Crippen molar-refractivity contribution in [2.75, 3.05) is 11.6 Å². The molecular weight excluding hydrogens is 152 g/mol. The van der Waals surface area contributed by atoms with Crippen molar-refractivity contribution in [1.29, 1.82) is 0 Å². The molecular formula is C5H7N2O2S+. The molecule has 5 heteroatoms. The number of hydrogen-bond acceptors (Lipinski definition) is 4. The Hall–Kier alpha value is -0.580. The highest BCUT2D eigenvalue weighted by Gasteiger charge is 2.42. The van der Waals surface area contributed by atoms with E-state index >= 15 is 0 Å². The second-order valence-electron chi connectivity index (χ2n) is 2.27. The number of hydrogen-bond donors (Lipinski definition) is 0. The van der Waals surface area contributed by atoms with Gasteiger partial charge in [-0.3, -0.25) is 4.84 Å². The van der Waals surface area contributed by atoms with Gasteiger partial charge in [-0.25, -0.2) is 4.79 Å². The summed E-state index contributed by atoms with van der Waals surface area (Å²) in [6.07, 6.45) is 0.868. The van der Waals surface area contributed by atoms with Crippen LogP contribution in [0.5, 0.6) is 0 Å². The van der Waals surface area contributed by atoms with Gasteiger partial charge in [-0.15, -0.1) is 0 Å². The van der Waals surface area contributed by atoms with E-state index in [-0.39, 0.29) is 12.0 Å². The Bertz CT molecular complexity index is 204. The summed E-state index contributed by atoms with van der Waals surface area (Å²) in [4.78, 5) is 15.3. The molecule has 0 aromatic heterocycles. The van der Waals surface area contributed by atoms with Gasteiger partial charge in [-0.05, 0) is 0 Å². The van der Waals surface area contributed by atoms with Crippen molar-refractivity contribution >= 4 is 17.7 Å². The predicted molar refractivity (Wildman–Crippen MR) is 34.5 cm³/mol. The molecule has 2 aliphatic rings. The molecule has 54 valence electrons. The second-order valence-corrected chi connectivity index (χ2v) is 3.35. The first-order chi connectivity index (χ1) is 4.88. The highest BCUT2D eigenvalue weighted by atomic mass is 32.2. The maximum absolute atomic E-state index is 10.8. The summed E-state index contributed by atoms with van der Waals surface area (Å²) in [5, 5.41) is 3.60. The quantitative estimate of drug-likeness (QED) is 0.480. The average Bonchev–Trinajstić information content (AvgIpc) is 2.34. The average molecular weight is 159 g/mol. The molecule has 0 spiro atoms. The third-order valence-electron chi connectivity index (χ3n) is 1.63. The molecule has 2 heterocycles. The summed E-state index contributed by atoms with van der Waals surface area (Å²) in [5.74, 6) is 1.63. The Kier molecular flexibility index (Phi) is 1.37. The van der Waals surface area contributed by atoms with E-state index < -0.39 is 0 Å². The molecule has 4 nitrogen and oxygen atoms in total. The zero-order chi connectivity index (χ0) is 6.97. The highest BCUT2D eigenvalue weighted by Crippen LogP contribution is 2.21. The van der Waals surface area contributed by atoms with Gasteiger partial charge in [0.15, 0.2) is 5.28 Å². The number of carbonyl (C=O) groups excluding carboxylic acids is 1. The van der Waals surface area contributed by atoms with Gasteiger partial charge in [-0.1, -0.05) is 16.5 Å². The topological polar surface area (TPSA) is 41.7 Å². The number of carbonyl (C=O) groups is 1.